The van der Waals surface area contributed by atoms with Gasteiger partial charge in [-0.3, -0.25) is 19.8 Å². The molecule has 2 atom stereocenters. The van der Waals surface area contributed by atoms with Gasteiger partial charge in [-0.1, -0.05) is 29.8 Å². The van der Waals surface area contributed by atoms with E-state index in [0.29, 0.717) is 13.0 Å². The molecule has 2 aliphatic heterocycles. The molecule has 2 aliphatic rings. The molecule has 0 unspecified atom stereocenters. The molecule has 2 aromatic carbocycles. The third-order valence-electron chi connectivity index (χ3n) is 6.90. The SMILES string of the molecule is O=C(NCCc1cccs1)[C@H]1Cc2cc([N+](=O)[O-])ccc2N2CCN(Cc3ccc(Cl)cc3)C[C@@H]12. The topological polar surface area (TPSA) is 78.7 Å². The molecule has 3 heterocycles. The van der Waals surface area contributed by atoms with Gasteiger partial charge < -0.3 is 10.2 Å². The van der Waals surface area contributed by atoms with Crippen molar-refractivity contribution in [2.24, 2.45) is 5.92 Å². The summed E-state index contributed by atoms with van der Waals surface area (Å²) in [7, 11) is 0. The van der Waals surface area contributed by atoms with Crippen LogP contribution < -0.4 is 10.2 Å². The summed E-state index contributed by atoms with van der Waals surface area (Å²) in [6.07, 6.45) is 1.30. The molecule has 1 saturated heterocycles. The zero-order valence-electron chi connectivity index (χ0n) is 19.2. The van der Waals surface area contributed by atoms with Gasteiger partial charge in [0.25, 0.3) is 5.69 Å². The monoisotopic (exact) mass is 510 g/mol. The molecule has 9 heteroatoms. The van der Waals surface area contributed by atoms with Crippen molar-refractivity contribution in [2.45, 2.75) is 25.4 Å². The number of carbonyl (C=O) groups is 1. The fourth-order valence-corrected chi connectivity index (χ4v) is 6.00. The Bertz CT molecular complexity index is 1200. The number of hydrogen-bond acceptors (Lipinski definition) is 6. The van der Waals surface area contributed by atoms with Crippen LogP contribution in [-0.2, 0) is 24.2 Å². The Kier molecular flexibility index (Phi) is 7.04. The first-order valence-corrected chi connectivity index (χ1v) is 13.0. The van der Waals surface area contributed by atoms with Crippen LogP contribution in [0.4, 0.5) is 11.4 Å². The molecule has 0 aliphatic carbocycles. The fourth-order valence-electron chi connectivity index (χ4n) is 5.17. The molecule has 1 aromatic heterocycles. The third kappa shape index (κ3) is 5.34. The second-order valence-corrected chi connectivity index (χ2v) is 10.6. The quantitative estimate of drug-likeness (QED) is 0.373. The van der Waals surface area contributed by atoms with Gasteiger partial charge in [-0.15, -0.1) is 11.3 Å². The number of anilines is 1. The zero-order valence-corrected chi connectivity index (χ0v) is 20.8. The van der Waals surface area contributed by atoms with Crippen LogP contribution >= 0.6 is 22.9 Å². The maximum atomic E-state index is 13.4. The number of amides is 1. The molecule has 35 heavy (non-hydrogen) atoms. The lowest BCUT2D eigenvalue weighted by Gasteiger charge is -2.49. The highest BCUT2D eigenvalue weighted by atomic mass is 35.5. The van der Waals surface area contributed by atoms with E-state index in [-0.39, 0.29) is 28.5 Å². The minimum absolute atomic E-state index is 0.00624. The minimum Gasteiger partial charge on any atom is -0.365 e. The first-order valence-electron chi connectivity index (χ1n) is 11.8. The van der Waals surface area contributed by atoms with Crippen molar-refractivity contribution in [3.05, 3.63) is 91.1 Å². The number of non-ortho nitro benzene ring substituents is 1. The molecule has 182 valence electrons. The number of piperazine rings is 1. The van der Waals surface area contributed by atoms with Crippen molar-refractivity contribution in [3.8, 4) is 0 Å². The van der Waals surface area contributed by atoms with E-state index in [0.717, 1.165) is 48.9 Å². The Morgan fingerprint density at radius 3 is 2.74 bits per heavy atom. The van der Waals surface area contributed by atoms with E-state index in [1.165, 1.54) is 10.4 Å². The van der Waals surface area contributed by atoms with Gasteiger partial charge in [0.05, 0.1) is 16.9 Å². The van der Waals surface area contributed by atoms with Gasteiger partial charge in [-0.25, -0.2) is 0 Å². The second kappa shape index (κ2) is 10.4. The lowest BCUT2D eigenvalue weighted by atomic mass is 9.83. The predicted molar refractivity (Wildman–Crippen MR) is 139 cm³/mol. The molecular formula is C26H27ClN4O3S. The Balaban J connectivity index is 1.35. The summed E-state index contributed by atoms with van der Waals surface area (Å²) in [6.45, 7) is 3.74. The van der Waals surface area contributed by atoms with E-state index in [1.54, 1.807) is 23.5 Å². The number of nitrogens with zero attached hydrogens (tertiary/aromatic N) is 3. The molecule has 0 radical (unpaired) electrons. The zero-order chi connectivity index (χ0) is 24.4. The van der Waals surface area contributed by atoms with Crippen LogP contribution in [0.3, 0.4) is 0 Å². The number of hydrogen-bond donors (Lipinski definition) is 1. The second-order valence-electron chi connectivity index (χ2n) is 9.12. The van der Waals surface area contributed by atoms with Crippen molar-refractivity contribution in [3.63, 3.8) is 0 Å². The van der Waals surface area contributed by atoms with Crippen molar-refractivity contribution in [1.29, 1.82) is 0 Å². The normalized spacial score (nSPS) is 19.6. The molecule has 1 N–H and O–H groups in total. The molecule has 0 bridgehead atoms. The Morgan fingerprint density at radius 2 is 2.00 bits per heavy atom. The van der Waals surface area contributed by atoms with Gasteiger partial charge in [-0.2, -0.15) is 0 Å². The summed E-state index contributed by atoms with van der Waals surface area (Å²) < 4.78 is 0. The molecule has 1 amide bonds. The number of rotatable bonds is 7. The highest BCUT2D eigenvalue weighted by Gasteiger charge is 2.41. The largest absolute Gasteiger partial charge is 0.365 e. The van der Waals surface area contributed by atoms with Crippen LogP contribution in [-0.4, -0.2) is 48.0 Å². The fraction of sp³-hybridized carbons (Fsp3) is 0.346. The molecular weight excluding hydrogens is 484 g/mol. The first kappa shape index (κ1) is 23.8. The molecule has 7 nitrogen and oxygen atoms in total. The van der Waals surface area contributed by atoms with Gasteiger partial charge in [-0.05, 0) is 53.6 Å². The minimum atomic E-state index is -0.369. The first-order chi connectivity index (χ1) is 17.0. The van der Waals surface area contributed by atoms with Crippen molar-refractivity contribution >= 4 is 40.2 Å². The molecule has 0 saturated carbocycles. The molecule has 0 spiro atoms. The van der Waals surface area contributed by atoms with E-state index >= 15 is 0 Å². The van der Waals surface area contributed by atoms with Crippen LogP contribution in [0.5, 0.6) is 0 Å². The van der Waals surface area contributed by atoms with Gasteiger partial charge in [0.2, 0.25) is 5.91 Å². The number of nitro groups is 1. The summed E-state index contributed by atoms with van der Waals surface area (Å²) in [5.41, 5.74) is 3.14. The van der Waals surface area contributed by atoms with Crippen LogP contribution in [0.1, 0.15) is 16.0 Å². The van der Waals surface area contributed by atoms with Crippen molar-refractivity contribution in [2.75, 3.05) is 31.1 Å². The van der Waals surface area contributed by atoms with E-state index < -0.39 is 0 Å². The van der Waals surface area contributed by atoms with Crippen LogP contribution in [0.15, 0.2) is 60.0 Å². The lowest BCUT2D eigenvalue weighted by molar-refractivity contribution is -0.384. The summed E-state index contributed by atoms with van der Waals surface area (Å²) in [5.74, 6) is -0.261. The number of carbonyl (C=O) groups excluding carboxylic acids is 1. The van der Waals surface area contributed by atoms with Crippen molar-refractivity contribution < 1.29 is 9.72 Å². The average Bonchev–Trinajstić information content (AvgIpc) is 3.38. The Hall–Kier alpha value is -2.94. The summed E-state index contributed by atoms with van der Waals surface area (Å²) in [5, 5.41) is 17.3. The van der Waals surface area contributed by atoms with Crippen LogP contribution in [0, 0.1) is 16.0 Å². The van der Waals surface area contributed by atoms with Gasteiger partial charge in [0.1, 0.15) is 0 Å². The van der Waals surface area contributed by atoms with E-state index in [4.69, 9.17) is 11.6 Å². The summed E-state index contributed by atoms with van der Waals surface area (Å²) in [6, 6.07) is 17.0. The maximum Gasteiger partial charge on any atom is 0.269 e. The number of thiophene rings is 1. The van der Waals surface area contributed by atoms with Gasteiger partial charge in [0.15, 0.2) is 0 Å². The van der Waals surface area contributed by atoms with E-state index in [2.05, 4.69) is 21.2 Å². The Morgan fingerprint density at radius 1 is 1.17 bits per heavy atom. The molecule has 3 aromatic rings. The Labute approximate surface area is 213 Å². The summed E-state index contributed by atoms with van der Waals surface area (Å²) in [4.78, 5) is 30.3. The molecule has 1 fully saturated rings. The molecule has 5 rings (SSSR count). The van der Waals surface area contributed by atoms with Crippen LogP contribution in [0.2, 0.25) is 5.02 Å². The van der Waals surface area contributed by atoms with Crippen molar-refractivity contribution in [1.82, 2.24) is 10.2 Å². The van der Waals surface area contributed by atoms with Gasteiger partial charge >= 0.3 is 0 Å². The maximum absolute atomic E-state index is 13.4. The highest BCUT2D eigenvalue weighted by molar-refractivity contribution is 7.09. The number of benzene rings is 2. The lowest BCUT2D eigenvalue weighted by Crippen LogP contribution is -2.61. The number of halogens is 1. The smallest absolute Gasteiger partial charge is 0.269 e. The van der Waals surface area contributed by atoms with E-state index in [9.17, 15) is 14.9 Å². The standard InChI is InChI=1S/C26H27ClN4O3S/c27-20-5-3-18(4-6-20)16-29-11-12-30-24-8-7-21(31(33)34)14-19(24)15-23(25(30)17-29)26(32)28-10-9-22-2-1-13-35-22/h1-8,13-14,23,25H,9-12,15-17H2,(H,28,32)/t23-,25-/m0/s1. The highest BCUT2D eigenvalue weighted by Crippen LogP contribution is 2.38. The third-order valence-corrected chi connectivity index (χ3v) is 8.09. The number of fused-ring (bicyclic) bond motifs is 3. The predicted octanol–water partition coefficient (Wildman–Crippen LogP) is 4.53. The average molecular weight is 511 g/mol. The number of nitrogens with one attached hydrogen (secondary N) is 1. The van der Waals surface area contributed by atoms with Crippen LogP contribution in [0.25, 0.3) is 0 Å². The number of nitro benzene ring substituents is 1. The van der Waals surface area contributed by atoms with E-state index in [1.807, 2.05) is 41.8 Å². The van der Waals surface area contributed by atoms with Gasteiger partial charge in [0, 0.05) is 60.4 Å². The summed E-state index contributed by atoms with van der Waals surface area (Å²) >= 11 is 7.73.